The number of carbonyl (C=O) groups is 1. The molecule has 1 unspecified atom stereocenters. The van der Waals surface area contributed by atoms with E-state index in [4.69, 9.17) is 16.7 Å². The lowest BCUT2D eigenvalue weighted by molar-refractivity contribution is -0.138. The quantitative estimate of drug-likeness (QED) is 0.850. The van der Waals surface area contributed by atoms with Crippen molar-refractivity contribution >= 4 is 23.3 Å². The number of hydrogen-bond donors (Lipinski definition) is 2. The van der Waals surface area contributed by atoms with Crippen molar-refractivity contribution < 1.29 is 9.90 Å². The molecule has 0 amide bonds. The zero-order valence-corrected chi connectivity index (χ0v) is 11.0. The molecule has 1 aromatic heterocycles. The second-order valence-corrected chi connectivity index (χ2v) is 4.80. The molecule has 0 aliphatic rings. The van der Waals surface area contributed by atoms with Gasteiger partial charge in [-0.1, -0.05) is 25.4 Å². The highest BCUT2D eigenvalue weighted by Gasteiger charge is 2.19. The Morgan fingerprint density at radius 2 is 2.24 bits per heavy atom. The van der Waals surface area contributed by atoms with Crippen LogP contribution in [0.3, 0.4) is 0 Å². The van der Waals surface area contributed by atoms with E-state index in [1.54, 1.807) is 19.2 Å². The molecule has 1 heterocycles. The van der Waals surface area contributed by atoms with Crippen LogP contribution < -0.4 is 5.32 Å². The third kappa shape index (κ3) is 3.89. The summed E-state index contributed by atoms with van der Waals surface area (Å²) in [6.07, 6.45) is 2.16. The van der Waals surface area contributed by atoms with Crippen LogP contribution in [-0.2, 0) is 4.79 Å². The fourth-order valence-corrected chi connectivity index (χ4v) is 1.71. The molecule has 0 saturated heterocycles. The van der Waals surface area contributed by atoms with Gasteiger partial charge in [-0.15, -0.1) is 0 Å². The van der Waals surface area contributed by atoms with Gasteiger partial charge in [0.2, 0.25) is 0 Å². The van der Waals surface area contributed by atoms with E-state index in [2.05, 4.69) is 10.3 Å². The highest BCUT2D eigenvalue weighted by atomic mass is 35.5. The number of nitrogens with one attached hydrogen (secondary N) is 1. The Morgan fingerprint density at radius 1 is 1.59 bits per heavy atom. The molecule has 0 spiro atoms. The molecule has 1 rings (SSSR count). The Hall–Kier alpha value is -1.29. The standard InChI is InChI=1S/C12H17ClN2O2/c1-7(2)6-10(12(16)17)15-9-4-5-14-8(3)11(9)13/h4-5,7,10H,6H2,1-3H3,(H,14,15)(H,16,17). The van der Waals surface area contributed by atoms with Crippen LogP contribution in [0.15, 0.2) is 12.3 Å². The van der Waals surface area contributed by atoms with Gasteiger partial charge in [-0.2, -0.15) is 0 Å². The van der Waals surface area contributed by atoms with Crippen molar-refractivity contribution in [3.05, 3.63) is 23.0 Å². The predicted molar refractivity (Wildman–Crippen MR) is 68.5 cm³/mol. The maximum absolute atomic E-state index is 11.1. The molecule has 0 aromatic carbocycles. The summed E-state index contributed by atoms with van der Waals surface area (Å²) in [7, 11) is 0. The number of hydrogen-bond acceptors (Lipinski definition) is 3. The Labute approximate surface area is 106 Å². The highest BCUT2D eigenvalue weighted by molar-refractivity contribution is 6.33. The second kappa shape index (κ2) is 5.87. The van der Waals surface area contributed by atoms with Crippen molar-refractivity contribution in [2.45, 2.75) is 33.2 Å². The number of aromatic nitrogens is 1. The zero-order chi connectivity index (χ0) is 13.0. The van der Waals surface area contributed by atoms with Gasteiger partial charge in [0, 0.05) is 6.20 Å². The molecular formula is C12H17ClN2O2. The summed E-state index contributed by atoms with van der Waals surface area (Å²) in [5, 5.41) is 12.5. The van der Waals surface area contributed by atoms with Crippen LogP contribution >= 0.6 is 11.6 Å². The molecule has 0 aliphatic heterocycles. The van der Waals surface area contributed by atoms with Gasteiger partial charge in [0.15, 0.2) is 0 Å². The molecule has 17 heavy (non-hydrogen) atoms. The van der Waals surface area contributed by atoms with E-state index in [9.17, 15) is 4.79 Å². The summed E-state index contributed by atoms with van der Waals surface area (Å²) in [6, 6.07) is 1.06. The Bertz CT molecular complexity index is 407. The minimum absolute atomic E-state index is 0.297. The Morgan fingerprint density at radius 3 is 2.76 bits per heavy atom. The molecular weight excluding hydrogens is 240 g/mol. The molecule has 0 radical (unpaired) electrons. The highest BCUT2D eigenvalue weighted by Crippen LogP contribution is 2.25. The summed E-state index contributed by atoms with van der Waals surface area (Å²) < 4.78 is 0. The van der Waals surface area contributed by atoms with Crippen LogP contribution in [-0.4, -0.2) is 22.1 Å². The summed E-state index contributed by atoms with van der Waals surface area (Å²) in [5.41, 5.74) is 1.30. The van der Waals surface area contributed by atoms with Gasteiger partial charge < -0.3 is 10.4 Å². The van der Waals surface area contributed by atoms with Gasteiger partial charge in [-0.05, 0) is 25.3 Å². The molecule has 1 aromatic rings. The lowest BCUT2D eigenvalue weighted by Crippen LogP contribution is -2.30. The van der Waals surface area contributed by atoms with Crippen molar-refractivity contribution in [3.8, 4) is 0 Å². The third-order valence-electron chi connectivity index (χ3n) is 2.40. The average Bonchev–Trinajstić information content (AvgIpc) is 2.22. The van der Waals surface area contributed by atoms with Gasteiger partial charge in [0.25, 0.3) is 0 Å². The van der Waals surface area contributed by atoms with E-state index in [0.717, 1.165) is 0 Å². The van der Waals surface area contributed by atoms with Crippen LogP contribution in [0.4, 0.5) is 5.69 Å². The maximum atomic E-state index is 11.1. The summed E-state index contributed by atoms with van der Waals surface area (Å²) in [5.74, 6) is -0.574. The monoisotopic (exact) mass is 256 g/mol. The first-order chi connectivity index (χ1) is 7.91. The minimum atomic E-state index is -0.871. The van der Waals surface area contributed by atoms with E-state index in [1.807, 2.05) is 13.8 Å². The predicted octanol–water partition coefficient (Wildman–Crippen LogP) is 2.95. The summed E-state index contributed by atoms with van der Waals surface area (Å²) >= 11 is 6.06. The fourth-order valence-electron chi connectivity index (χ4n) is 1.54. The second-order valence-electron chi connectivity index (χ2n) is 4.42. The zero-order valence-electron chi connectivity index (χ0n) is 10.2. The first-order valence-corrected chi connectivity index (χ1v) is 5.90. The van der Waals surface area contributed by atoms with Gasteiger partial charge >= 0.3 is 5.97 Å². The van der Waals surface area contributed by atoms with E-state index in [1.165, 1.54) is 0 Å². The van der Waals surface area contributed by atoms with Crippen LogP contribution in [0.25, 0.3) is 0 Å². The lowest BCUT2D eigenvalue weighted by Gasteiger charge is -2.18. The van der Waals surface area contributed by atoms with Crippen LogP contribution in [0.5, 0.6) is 0 Å². The topological polar surface area (TPSA) is 62.2 Å². The summed E-state index contributed by atoms with van der Waals surface area (Å²) in [6.45, 7) is 5.75. The maximum Gasteiger partial charge on any atom is 0.326 e. The molecule has 0 aliphatic carbocycles. The van der Waals surface area contributed by atoms with Gasteiger partial charge in [-0.3, -0.25) is 4.98 Å². The van der Waals surface area contributed by atoms with E-state index in [0.29, 0.717) is 28.7 Å². The number of nitrogens with zero attached hydrogens (tertiary/aromatic N) is 1. The average molecular weight is 257 g/mol. The number of carboxylic acids is 1. The van der Waals surface area contributed by atoms with Crippen molar-refractivity contribution in [1.29, 1.82) is 0 Å². The van der Waals surface area contributed by atoms with Crippen molar-refractivity contribution in [2.24, 2.45) is 5.92 Å². The normalized spacial score (nSPS) is 12.5. The Kier molecular flexibility index (Phi) is 4.75. The smallest absolute Gasteiger partial charge is 0.326 e. The molecule has 94 valence electrons. The Balaban J connectivity index is 2.86. The SMILES string of the molecule is Cc1nccc(NC(CC(C)C)C(=O)O)c1Cl. The number of halogens is 1. The van der Waals surface area contributed by atoms with Crippen LogP contribution in [0.1, 0.15) is 26.0 Å². The lowest BCUT2D eigenvalue weighted by atomic mass is 10.0. The number of carboxylic acid groups (broad SMARTS) is 1. The summed E-state index contributed by atoms with van der Waals surface area (Å²) in [4.78, 5) is 15.1. The van der Waals surface area contributed by atoms with Gasteiger partial charge in [0.05, 0.1) is 16.4 Å². The molecule has 0 fully saturated rings. The number of aryl methyl sites for hydroxylation is 1. The van der Waals surface area contributed by atoms with E-state index < -0.39 is 12.0 Å². The van der Waals surface area contributed by atoms with E-state index in [-0.39, 0.29) is 0 Å². The third-order valence-corrected chi connectivity index (χ3v) is 2.88. The minimum Gasteiger partial charge on any atom is -0.480 e. The number of rotatable bonds is 5. The number of aliphatic carboxylic acids is 1. The first kappa shape index (κ1) is 13.8. The molecule has 0 bridgehead atoms. The van der Waals surface area contributed by atoms with Crippen molar-refractivity contribution in [1.82, 2.24) is 4.98 Å². The van der Waals surface area contributed by atoms with Crippen molar-refractivity contribution in [2.75, 3.05) is 5.32 Å². The van der Waals surface area contributed by atoms with E-state index >= 15 is 0 Å². The molecule has 4 nitrogen and oxygen atoms in total. The largest absolute Gasteiger partial charge is 0.480 e. The first-order valence-electron chi connectivity index (χ1n) is 5.52. The molecule has 5 heteroatoms. The van der Waals surface area contributed by atoms with Crippen LogP contribution in [0.2, 0.25) is 5.02 Å². The number of pyridine rings is 1. The van der Waals surface area contributed by atoms with Crippen molar-refractivity contribution in [3.63, 3.8) is 0 Å². The number of anilines is 1. The molecule has 2 N–H and O–H groups in total. The fraction of sp³-hybridized carbons (Fsp3) is 0.500. The molecule has 0 saturated carbocycles. The van der Waals surface area contributed by atoms with Gasteiger partial charge in [-0.25, -0.2) is 4.79 Å². The van der Waals surface area contributed by atoms with Gasteiger partial charge in [0.1, 0.15) is 6.04 Å². The molecule has 1 atom stereocenters. The van der Waals surface area contributed by atoms with Crippen LogP contribution in [0, 0.1) is 12.8 Å².